The summed E-state index contributed by atoms with van der Waals surface area (Å²) in [7, 11) is 0. The van der Waals surface area contributed by atoms with Gasteiger partial charge in [-0.3, -0.25) is 0 Å². The van der Waals surface area contributed by atoms with E-state index in [4.69, 9.17) is 4.74 Å². The Kier molecular flexibility index (Phi) is 6.12. The third kappa shape index (κ3) is 3.93. The van der Waals surface area contributed by atoms with Crippen LogP contribution < -0.4 is 5.32 Å². The zero-order valence-electron chi connectivity index (χ0n) is 9.21. The van der Waals surface area contributed by atoms with Crippen LogP contribution in [0.1, 0.15) is 26.7 Å². The van der Waals surface area contributed by atoms with Gasteiger partial charge in [-0.2, -0.15) is 11.8 Å². The Morgan fingerprint density at radius 3 is 3.00 bits per heavy atom. The van der Waals surface area contributed by atoms with Crippen molar-refractivity contribution in [3.8, 4) is 0 Å². The Bertz CT molecular complexity index is 174. The predicted octanol–water partition coefficient (Wildman–Crippen LogP) is 2.41. The molecule has 1 aliphatic heterocycles. The van der Waals surface area contributed by atoms with Crippen molar-refractivity contribution in [1.29, 1.82) is 0 Å². The second-order valence-electron chi connectivity index (χ2n) is 3.41. The molecule has 0 saturated heterocycles. The lowest BCUT2D eigenvalue weighted by atomic mass is 10.2. The van der Waals surface area contributed by atoms with Crippen LogP contribution in [0.15, 0.2) is 11.8 Å². The van der Waals surface area contributed by atoms with Crippen LogP contribution in [0.2, 0.25) is 0 Å². The van der Waals surface area contributed by atoms with Crippen LogP contribution in [0.25, 0.3) is 0 Å². The molecule has 0 amide bonds. The van der Waals surface area contributed by atoms with Crippen molar-refractivity contribution >= 4 is 11.8 Å². The summed E-state index contributed by atoms with van der Waals surface area (Å²) in [6.07, 6.45) is 4.49. The molecule has 82 valence electrons. The highest BCUT2D eigenvalue weighted by atomic mass is 32.2. The lowest BCUT2D eigenvalue weighted by Gasteiger charge is -2.18. The van der Waals surface area contributed by atoms with Crippen molar-refractivity contribution < 1.29 is 4.74 Å². The van der Waals surface area contributed by atoms with Crippen molar-refractivity contribution in [2.75, 3.05) is 24.7 Å². The Balaban J connectivity index is 2.34. The first kappa shape index (κ1) is 11.9. The highest BCUT2D eigenvalue weighted by Crippen LogP contribution is 2.17. The molecule has 1 atom stereocenters. The molecule has 0 aromatic carbocycles. The average Bonchev–Trinajstić information content (AvgIpc) is 2.71. The lowest BCUT2D eigenvalue weighted by molar-refractivity contribution is 0.220. The van der Waals surface area contributed by atoms with Gasteiger partial charge in [0.15, 0.2) is 0 Å². The highest BCUT2D eigenvalue weighted by Gasteiger charge is 2.17. The van der Waals surface area contributed by atoms with Gasteiger partial charge < -0.3 is 10.1 Å². The number of ether oxygens (including phenoxy) is 1. The minimum Gasteiger partial charge on any atom is -0.496 e. The number of hydrogen-bond acceptors (Lipinski definition) is 3. The summed E-state index contributed by atoms with van der Waals surface area (Å²) in [5.41, 5.74) is 0. The Morgan fingerprint density at radius 2 is 2.43 bits per heavy atom. The van der Waals surface area contributed by atoms with E-state index in [1.807, 2.05) is 11.8 Å². The van der Waals surface area contributed by atoms with Crippen LogP contribution in [0.3, 0.4) is 0 Å². The van der Waals surface area contributed by atoms with E-state index in [9.17, 15) is 0 Å². The molecule has 1 rings (SSSR count). The Hall–Kier alpha value is -0.150. The second kappa shape index (κ2) is 7.18. The maximum atomic E-state index is 5.59. The van der Waals surface area contributed by atoms with Gasteiger partial charge in [-0.05, 0) is 24.8 Å². The topological polar surface area (TPSA) is 21.3 Å². The van der Waals surface area contributed by atoms with Gasteiger partial charge in [0.05, 0.1) is 12.6 Å². The molecule has 0 bridgehead atoms. The minimum absolute atomic E-state index is 0.433. The molecule has 0 saturated carbocycles. The second-order valence-corrected chi connectivity index (χ2v) is 4.73. The smallest absolute Gasteiger partial charge is 0.110 e. The summed E-state index contributed by atoms with van der Waals surface area (Å²) in [4.78, 5) is 0. The molecule has 0 aromatic heterocycles. The molecule has 0 fully saturated rings. The van der Waals surface area contributed by atoms with Crippen molar-refractivity contribution in [3.63, 3.8) is 0 Å². The zero-order valence-corrected chi connectivity index (χ0v) is 10.0. The van der Waals surface area contributed by atoms with E-state index in [1.165, 1.54) is 17.9 Å². The molecular formula is C11H21NOS. The van der Waals surface area contributed by atoms with E-state index in [1.54, 1.807) is 0 Å². The molecule has 0 radical (unpaired) electrons. The maximum Gasteiger partial charge on any atom is 0.110 e. The van der Waals surface area contributed by atoms with Gasteiger partial charge in [-0.25, -0.2) is 0 Å². The van der Waals surface area contributed by atoms with Crippen molar-refractivity contribution in [1.82, 2.24) is 5.32 Å². The molecule has 1 N–H and O–H groups in total. The van der Waals surface area contributed by atoms with E-state index in [-0.39, 0.29) is 0 Å². The van der Waals surface area contributed by atoms with Gasteiger partial charge in [-0.1, -0.05) is 13.8 Å². The van der Waals surface area contributed by atoms with Crippen LogP contribution in [0, 0.1) is 0 Å². The predicted molar refractivity (Wildman–Crippen MR) is 63.7 cm³/mol. The molecule has 0 aliphatic carbocycles. The number of hydrogen-bond donors (Lipinski definition) is 1. The van der Waals surface area contributed by atoms with Gasteiger partial charge in [0.1, 0.15) is 5.76 Å². The van der Waals surface area contributed by atoms with Crippen molar-refractivity contribution in [3.05, 3.63) is 11.8 Å². The SMILES string of the molecule is CCCNC(CSCC)C1=CCCO1. The number of rotatable bonds is 7. The van der Waals surface area contributed by atoms with E-state index in [2.05, 4.69) is 25.2 Å². The normalized spacial score (nSPS) is 17.7. The van der Waals surface area contributed by atoms with Crippen molar-refractivity contribution in [2.24, 2.45) is 0 Å². The van der Waals surface area contributed by atoms with Crippen molar-refractivity contribution in [2.45, 2.75) is 32.7 Å². The summed E-state index contributed by atoms with van der Waals surface area (Å²) < 4.78 is 5.59. The summed E-state index contributed by atoms with van der Waals surface area (Å²) in [5.74, 6) is 3.47. The van der Waals surface area contributed by atoms with Crippen LogP contribution in [-0.4, -0.2) is 30.7 Å². The summed E-state index contributed by atoms with van der Waals surface area (Å²) in [6, 6.07) is 0.433. The number of nitrogens with one attached hydrogen (secondary N) is 1. The summed E-state index contributed by atoms with van der Waals surface area (Å²) >= 11 is 1.97. The fraction of sp³-hybridized carbons (Fsp3) is 0.818. The Labute approximate surface area is 91.5 Å². The third-order valence-electron chi connectivity index (χ3n) is 2.20. The first-order chi connectivity index (χ1) is 6.88. The molecule has 0 spiro atoms. The highest BCUT2D eigenvalue weighted by molar-refractivity contribution is 7.99. The molecule has 14 heavy (non-hydrogen) atoms. The summed E-state index contributed by atoms with van der Waals surface area (Å²) in [6.45, 7) is 6.35. The molecular weight excluding hydrogens is 194 g/mol. The molecule has 2 nitrogen and oxygen atoms in total. The number of thioether (sulfide) groups is 1. The monoisotopic (exact) mass is 215 g/mol. The maximum absolute atomic E-state index is 5.59. The summed E-state index contributed by atoms with van der Waals surface area (Å²) in [5, 5.41) is 3.53. The van der Waals surface area contributed by atoms with E-state index < -0.39 is 0 Å². The van der Waals surface area contributed by atoms with Gasteiger partial charge in [0, 0.05) is 12.2 Å². The van der Waals surface area contributed by atoms with Crippen LogP contribution in [0.4, 0.5) is 0 Å². The molecule has 1 aliphatic rings. The molecule has 1 heterocycles. The lowest BCUT2D eigenvalue weighted by Crippen LogP contribution is -2.34. The van der Waals surface area contributed by atoms with Crippen LogP contribution in [0.5, 0.6) is 0 Å². The molecule has 1 unspecified atom stereocenters. The first-order valence-corrected chi connectivity index (χ1v) is 6.68. The zero-order chi connectivity index (χ0) is 10.2. The Morgan fingerprint density at radius 1 is 1.57 bits per heavy atom. The van der Waals surface area contributed by atoms with Crippen LogP contribution in [-0.2, 0) is 4.74 Å². The van der Waals surface area contributed by atoms with Gasteiger partial charge in [-0.15, -0.1) is 0 Å². The first-order valence-electron chi connectivity index (χ1n) is 5.52. The van der Waals surface area contributed by atoms with E-state index >= 15 is 0 Å². The largest absolute Gasteiger partial charge is 0.496 e. The quantitative estimate of drug-likeness (QED) is 0.704. The van der Waals surface area contributed by atoms with Gasteiger partial charge in [0.25, 0.3) is 0 Å². The van der Waals surface area contributed by atoms with E-state index in [0.717, 1.165) is 25.3 Å². The van der Waals surface area contributed by atoms with E-state index in [0.29, 0.717) is 6.04 Å². The molecule has 0 aromatic rings. The van der Waals surface area contributed by atoms with Gasteiger partial charge >= 0.3 is 0 Å². The average molecular weight is 215 g/mol. The standard InChI is InChI=1S/C11H21NOS/c1-3-7-12-10(9-14-4-2)11-6-5-8-13-11/h6,10,12H,3-5,7-9H2,1-2H3. The minimum atomic E-state index is 0.433. The third-order valence-corrected chi connectivity index (χ3v) is 3.18. The van der Waals surface area contributed by atoms with Gasteiger partial charge in [0.2, 0.25) is 0 Å². The molecule has 3 heteroatoms. The van der Waals surface area contributed by atoms with Crippen LogP contribution >= 0.6 is 11.8 Å². The fourth-order valence-corrected chi connectivity index (χ4v) is 2.23. The fourth-order valence-electron chi connectivity index (χ4n) is 1.48.